The summed E-state index contributed by atoms with van der Waals surface area (Å²) >= 11 is 3.52. The number of fused-ring (bicyclic) bond motifs is 2. The minimum absolute atomic E-state index is 0.0154. The number of amides is 1. The van der Waals surface area contributed by atoms with Crippen molar-refractivity contribution in [2.45, 2.75) is 19.9 Å². The molecule has 5 aromatic rings. The van der Waals surface area contributed by atoms with E-state index in [0.29, 0.717) is 84.4 Å². The molecule has 0 radical (unpaired) electrons. The van der Waals surface area contributed by atoms with Crippen LogP contribution in [-0.2, 0) is 17.8 Å². The number of carboxylic acid groups (broad SMARTS) is 1. The van der Waals surface area contributed by atoms with Crippen LogP contribution in [0.15, 0.2) is 69.1 Å². The smallest absolute Gasteiger partial charge is 0.341 e. The first-order valence-electron chi connectivity index (χ1n) is 17.6. The Kier molecular flexibility index (Phi) is 10.6. The number of aromatic nitrogens is 3. The quantitative estimate of drug-likeness (QED) is 0.185. The number of halogens is 2. The standard InChI is InChI=1S/C39H38BrFN8O7/c1-5-47-19-26(38(52)53)34(50)25-16-27(41)30(17-29(25)47)48-10-8-46(9-11-48)20-49-28-7-6-23(40)15-24(28)33(37(49)51)44-39-43-18-22(36(42)45-39)12-21-13-31(54-2)35(56-4)32(14-21)55-3/h6-7,13-19H,5,8-12,20H2,1-4H3,(H,52,53)(H2,42,43,45)/b44-33+. The van der Waals surface area contributed by atoms with Crippen LogP contribution in [-0.4, -0.2) is 96.3 Å². The van der Waals surface area contributed by atoms with Crippen molar-refractivity contribution in [3.8, 4) is 17.2 Å². The molecule has 3 N–H and O–H groups in total. The number of methoxy groups -OCH3 is 3. The highest BCUT2D eigenvalue weighted by molar-refractivity contribution is 9.10. The lowest BCUT2D eigenvalue weighted by molar-refractivity contribution is -0.112. The van der Waals surface area contributed by atoms with Crippen LogP contribution in [0.3, 0.4) is 0 Å². The maximum absolute atomic E-state index is 15.5. The molecule has 0 unspecified atom stereocenters. The van der Waals surface area contributed by atoms with E-state index in [0.717, 1.165) is 16.1 Å². The van der Waals surface area contributed by atoms with Gasteiger partial charge in [0.05, 0.1) is 44.9 Å². The molecule has 1 saturated heterocycles. The second-order valence-corrected chi connectivity index (χ2v) is 14.1. The number of anilines is 3. The Balaban J connectivity index is 1.09. The fourth-order valence-electron chi connectivity index (χ4n) is 7.08. The molecule has 0 aliphatic carbocycles. The van der Waals surface area contributed by atoms with Crippen molar-refractivity contribution in [1.82, 2.24) is 19.4 Å². The number of carbonyl (C=O) groups is 2. The average molecular weight is 830 g/mol. The summed E-state index contributed by atoms with van der Waals surface area (Å²) in [5, 5.41) is 9.50. The number of piperazine rings is 1. The third kappa shape index (κ3) is 7.10. The van der Waals surface area contributed by atoms with Gasteiger partial charge in [-0.15, -0.1) is 0 Å². The molecule has 1 amide bonds. The van der Waals surface area contributed by atoms with E-state index in [1.54, 1.807) is 35.9 Å². The molecule has 2 aliphatic heterocycles. The Hall–Kier alpha value is -6.07. The minimum Gasteiger partial charge on any atom is -0.493 e. The molecule has 7 rings (SSSR count). The molecule has 0 bridgehead atoms. The molecular weight excluding hydrogens is 791 g/mol. The Morgan fingerprint density at radius 1 is 1.00 bits per heavy atom. The number of hydrogen-bond acceptors (Lipinski definition) is 12. The number of aryl methyl sites for hydroxylation is 1. The highest BCUT2D eigenvalue weighted by Gasteiger charge is 2.36. The van der Waals surface area contributed by atoms with Crippen LogP contribution in [0.2, 0.25) is 0 Å². The number of benzene rings is 3. The number of carbonyl (C=O) groups excluding carboxylic acids is 1. The molecule has 2 aromatic heterocycles. The molecule has 56 heavy (non-hydrogen) atoms. The summed E-state index contributed by atoms with van der Waals surface area (Å²) < 4.78 is 34.3. The lowest BCUT2D eigenvalue weighted by atomic mass is 10.1. The molecular formula is C39H38BrFN8O7. The van der Waals surface area contributed by atoms with Gasteiger partial charge in [-0.25, -0.2) is 19.2 Å². The number of rotatable bonds is 11. The lowest BCUT2D eigenvalue weighted by Gasteiger charge is -2.38. The monoisotopic (exact) mass is 828 g/mol. The third-order valence-electron chi connectivity index (χ3n) is 9.94. The summed E-state index contributed by atoms with van der Waals surface area (Å²) in [4.78, 5) is 57.6. The molecule has 2 aliphatic rings. The summed E-state index contributed by atoms with van der Waals surface area (Å²) in [6.07, 6.45) is 3.25. The van der Waals surface area contributed by atoms with Crippen molar-refractivity contribution in [3.05, 3.63) is 97.6 Å². The summed E-state index contributed by atoms with van der Waals surface area (Å²) in [7, 11) is 4.62. The molecule has 0 saturated carbocycles. The van der Waals surface area contributed by atoms with Crippen molar-refractivity contribution >= 4 is 67.6 Å². The van der Waals surface area contributed by atoms with Crippen LogP contribution >= 0.6 is 15.9 Å². The number of hydrogen-bond donors (Lipinski definition) is 2. The number of carboxylic acids is 1. The van der Waals surface area contributed by atoms with Gasteiger partial charge < -0.3 is 34.5 Å². The number of aromatic carboxylic acids is 1. The summed E-state index contributed by atoms with van der Waals surface area (Å²) in [6, 6.07) is 11.9. The topological polar surface area (TPSA) is 178 Å². The van der Waals surface area contributed by atoms with E-state index >= 15 is 4.39 Å². The van der Waals surface area contributed by atoms with E-state index in [4.69, 9.17) is 19.9 Å². The Morgan fingerprint density at radius 2 is 1.71 bits per heavy atom. The van der Waals surface area contributed by atoms with Crippen molar-refractivity contribution < 1.29 is 33.3 Å². The number of nitrogen functional groups attached to an aromatic ring is 1. The molecule has 290 valence electrons. The van der Waals surface area contributed by atoms with Gasteiger partial charge in [0.1, 0.15) is 22.9 Å². The van der Waals surface area contributed by atoms with E-state index < -0.39 is 22.8 Å². The zero-order chi connectivity index (χ0) is 39.8. The largest absolute Gasteiger partial charge is 0.493 e. The summed E-state index contributed by atoms with van der Waals surface area (Å²) in [5.41, 5.74) is 8.95. The number of aliphatic imine (C=N–C) groups is 1. The predicted molar refractivity (Wildman–Crippen MR) is 213 cm³/mol. The molecule has 3 aromatic carbocycles. The summed E-state index contributed by atoms with van der Waals surface area (Å²) in [6.45, 7) is 4.37. The van der Waals surface area contributed by atoms with Crippen LogP contribution in [0.1, 0.15) is 34.0 Å². The number of nitrogens with two attached hydrogens (primary N) is 1. The van der Waals surface area contributed by atoms with E-state index in [-0.39, 0.29) is 35.4 Å². The van der Waals surface area contributed by atoms with Crippen molar-refractivity contribution in [2.75, 3.05) is 69.7 Å². The highest BCUT2D eigenvalue weighted by atomic mass is 79.9. The zero-order valence-corrected chi connectivity index (χ0v) is 32.6. The fourth-order valence-corrected chi connectivity index (χ4v) is 7.44. The first-order chi connectivity index (χ1) is 26.9. The summed E-state index contributed by atoms with van der Waals surface area (Å²) in [5.74, 6) is -0.587. The van der Waals surface area contributed by atoms with Gasteiger partial charge in [-0.05, 0) is 55.0 Å². The van der Waals surface area contributed by atoms with Gasteiger partial charge in [0, 0.05) is 72.5 Å². The van der Waals surface area contributed by atoms with Crippen LogP contribution in [0.4, 0.5) is 27.5 Å². The molecule has 15 nitrogen and oxygen atoms in total. The van der Waals surface area contributed by atoms with Crippen molar-refractivity contribution in [1.29, 1.82) is 0 Å². The van der Waals surface area contributed by atoms with Crippen LogP contribution in [0, 0.1) is 5.82 Å². The zero-order valence-electron chi connectivity index (χ0n) is 31.0. The van der Waals surface area contributed by atoms with E-state index in [1.807, 2.05) is 42.2 Å². The predicted octanol–water partition coefficient (Wildman–Crippen LogP) is 4.86. The minimum atomic E-state index is -1.36. The Bertz CT molecular complexity index is 2460. The van der Waals surface area contributed by atoms with Gasteiger partial charge >= 0.3 is 5.97 Å². The molecule has 0 atom stereocenters. The number of ether oxygens (including phenoxy) is 3. The molecule has 0 spiro atoms. The van der Waals surface area contributed by atoms with E-state index in [1.165, 1.54) is 13.3 Å². The highest BCUT2D eigenvalue weighted by Crippen LogP contribution is 2.39. The Morgan fingerprint density at radius 3 is 2.34 bits per heavy atom. The van der Waals surface area contributed by atoms with Crippen molar-refractivity contribution in [2.24, 2.45) is 4.99 Å². The van der Waals surface area contributed by atoms with Crippen molar-refractivity contribution in [3.63, 3.8) is 0 Å². The van der Waals surface area contributed by atoms with Gasteiger partial charge in [-0.3, -0.25) is 19.4 Å². The van der Waals surface area contributed by atoms with Crippen LogP contribution < -0.4 is 35.2 Å². The van der Waals surface area contributed by atoms with Crippen LogP contribution in [0.5, 0.6) is 17.2 Å². The third-order valence-corrected chi connectivity index (χ3v) is 10.4. The Labute approximate surface area is 328 Å². The van der Waals surface area contributed by atoms with Gasteiger partial charge in [0.25, 0.3) is 11.9 Å². The normalized spacial score (nSPS) is 15.1. The second-order valence-electron chi connectivity index (χ2n) is 13.2. The molecule has 4 heterocycles. The lowest BCUT2D eigenvalue weighted by Crippen LogP contribution is -2.51. The number of nitrogens with zero attached hydrogens (tertiary/aromatic N) is 7. The molecule has 17 heteroatoms. The number of pyridine rings is 1. The first kappa shape index (κ1) is 38.2. The maximum atomic E-state index is 15.5. The first-order valence-corrected chi connectivity index (χ1v) is 18.4. The fraction of sp³-hybridized carbons (Fsp3) is 0.282. The maximum Gasteiger partial charge on any atom is 0.341 e. The van der Waals surface area contributed by atoms with Crippen LogP contribution in [0.25, 0.3) is 10.9 Å². The van der Waals surface area contributed by atoms with Gasteiger partial charge in [-0.1, -0.05) is 15.9 Å². The second kappa shape index (κ2) is 15.6. The van der Waals surface area contributed by atoms with E-state index in [9.17, 15) is 19.5 Å². The molecule has 1 fully saturated rings. The van der Waals surface area contributed by atoms with Gasteiger partial charge in [0.2, 0.25) is 11.2 Å². The average Bonchev–Trinajstić information content (AvgIpc) is 3.43. The van der Waals surface area contributed by atoms with Gasteiger partial charge in [0.15, 0.2) is 11.5 Å². The SMILES string of the molecule is CCn1cc(C(=O)O)c(=O)c2cc(F)c(N3CCN(CN4C(=O)/C(=N/c5ncc(Cc6cc(OC)c(OC)c(OC)c6)c(N)n5)c5cc(Br)ccc54)CC3)cc21. The van der Waals surface area contributed by atoms with E-state index in [2.05, 4.69) is 35.8 Å². The van der Waals surface area contributed by atoms with Gasteiger partial charge in [-0.2, -0.15) is 4.98 Å².